The van der Waals surface area contributed by atoms with Gasteiger partial charge in [0, 0.05) is 18.2 Å². The van der Waals surface area contributed by atoms with Gasteiger partial charge in [0.2, 0.25) is 17.5 Å². The Labute approximate surface area is 107 Å². The quantitative estimate of drug-likeness (QED) is 0.669. The lowest BCUT2D eigenvalue weighted by molar-refractivity contribution is 0.346. The van der Waals surface area contributed by atoms with Gasteiger partial charge >= 0.3 is 0 Å². The zero-order chi connectivity index (χ0) is 15.0. The third kappa shape index (κ3) is 2.36. The maximum atomic E-state index is 13.3. The van der Waals surface area contributed by atoms with Crippen LogP contribution in [0.25, 0.3) is 0 Å². The van der Waals surface area contributed by atoms with Crippen LogP contribution < -0.4 is 4.74 Å². The monoisotopic (exact) mass is 294 g/mol. The standard InChI is InChI=1S/C12H4F6O2/c13-4-1-5(14)9(16)7(2-4)20-8-3-6(15)12(19)11(18)10(8)17/h1-3,19H. The molecule has 106 valence electrons. The summed E-state index contributed by atoms with van der Waals surface area (Å²) in [5, 5.41) is 8.78. The third-order valence-electron chi connectivity index (χ3n) is 2.28. The summed E-state index contributed by atoms with van der Waals surface area (Å²) in [6.07, 6.45) is 0. The van der Waals surface area contributed by atoms with E-state index in [4.69, 9.17) is 5.11 Å². The Bertz CT molecular complexity index is 686. The molecule has 8 heteroatoms. The highest BCUT2D eigenvalue weighted by atomic mass is 19.2. The third-order valence-corrected chi connectivity index (χ3v) is 2.28. The number of phenols is 1. The van der Waals surface area contributed by atoms with Crippen molar-refractivity contribution >= 4 is 0 Å². The van der Waals surface area contributed by atoms with Crippen LogP contribution in [0.2, 0.25) is 0 Å². The summed E-state index contributed by atoms with van der Waals surface area (Å²) in [6, 6.07) is 0.771. The number of rotatable bonds is 2. The van der Waals surface area contributed by atoms with Crippen molar-refractivity contribution in [2.45, 2.75) is 0 Å². The van der Waals surface area contributed by atoms with Crippen LogP contribution in [0.5, 0.6) is 17.2 Å². The summed E-state index contributed by atoms with van der Waals surface area (Å²) >= 11 is 0. The van der Waals surface area contributed by atoms with Crippen molar-refractivity contribution in [3.63, 3.8) is 0 Å². The molecule has 1 N–H and O–H groups in total. The van der Waals surface area contributed by atoms with Gasteiger partial charge in [0.15, 0.2) is 28.9 Å². The van der Waals surface area contributed by atoms with Crippen molar-refractivity contribution in [2.24, 2.45) is 0 Å². The van der Waals surface area contributed by atoms with Gasteiger partial charge in [-0.25, -0.2) is 13.2 Å². The molecule has 0 heterocycles. The van der Waals surface area contributed by atoms with Gasteiger partial charge in [-0.3, -0.25) is 0 Å². The first kappa shape index (κ1) is 14.0. The highest BCUT2D eigenvalue weighted by Gasteiger charge is 2.21. The summed E-state index contributed by atoms with van der Waals surface area (Å²) in [7, 11) is 0. The Balaban J connectivity index is 2.51. The Kier molecular flexibility index (Phi) is 3.47. The van der Waals surface area contributed by atoms with Gasteiger partial charge in [0.05, 0.1) is 0 Å². The number of hydrogen-bond donors (Lipinski definition) is 1. The summed E-state index contributed by atoms with van der Waals surface area (Å²) in [4.78, 5) is 0. The molecule has 0 saturated heterocycles. The molecule has 0 fully saturated rings. The Hall–Kier alpha value is -2.38. The van der Waals surface area contributed by atoms with Crippen molar-refractivity contribution in [3.8, 4) is 17.2 Å². The van der Waals surface area contributed by atoms with E-state index >= 15 is 0 Å². The molecule has 2 aromatic carbocycles. The van der Waals surface area contributed by atoms with Crippen LogP contribution >= 0.6 is 0 Å². The summed E-state index contributed by atoms with van der Waals surface area (Å²) in [6.45, 7) is 0. The minimum atomic E-state index is -1.97. The van der Waals surface area contributed by atoms with Crippen LogP contribution in [-0.2, 0) is 0 Å². The average Bonchev–Trinajstić information content (AvgIpc) is 2.39. The summed E-state index contributed by atoms with van der Waals surface area (Å²) in [5.74, 6) is -13.8. The number of phenolic OH excluding ortho intramolecular Hbond substituents is 1. The minimum absolute atomic E-state index is 0.204. The number of hydrogen-bond acceptors (Lipinski definition) is 2. The summed E-state index contributed by atoms with van der Waals surface area (Å²) in [5.41, 5.74) is 0. The fraction of sp³-hybridized carbons (Fsp3) is 0. The van der Waals surface area contributed by atoms with Crippen LogP contribution in [0.1, 0.15) is 0 Å². The molecule has 2 rings (SSSR count). The summed E-state index contributed by atoms with van der Waals surface area (Å²) < 4.78 is 82.8. The van der Waals surface area contributed by atoms with E-state index in [0.717, 1.165) is 0 Å². The molecule has 0 aliphatic carbocycles. The van der Waals surface area contributed by atoms with Crippen molar-refractivity contribution in [1.82, 2.24) is 0 Å². The zero-order valence-corrected chi connectivity index (χ0v) is 9.36. The second-order valence-corrected chi connectivity index (χ2v) is 3.63. The fourth-order valence-corrected chi connectivity index (χ4v) is 1.36. The highest BCUT2D eigenvalue weighted by Crippen LogP contribution is 2.34. The maximum absolute atomic E-state index is 13.3. The van der Waals surface area contributed by atoms with E-state index in [0.29, 0.717) is 6.07 Å². The molecule has 0 amide bonds. The predicted molar refractivity (Wildman–Crippen MR) is 54.4 cm³/mol. The molecule has 0 aliphatic heterocycles. The van der Waals surface area contributed by atoms with Gasteiger partial charge in [-0.05, 0) is 0 Å². The number of ether oxygens (including phenoxy) is 1. The molecule has 0 unspecified atom stereocenters. The van der Waals surface area contributed by atoms with Gasteiger partial charge in [0.1, 0.15) is 5.82 Å². The van der Waals surface area contributed by atoms with Crippen LogP contribution in [0.15, 0.2) is 18.2 Å². The first-order valence-electron chi connectivity index (χ1n) is 5.00. The lowest BCUT2D eigenvalue weighted by Gasteiger charge is -2.10. The Morgan fingerprint density at radius 2 is 1.30 bits per heavy atom. The van der Waals surface area contributed by atoms with Gasteiger partial charge in [-0.2, -0.15) is 13.2 Å². The fourth-order valence-electron chi connectivity index (χ4n) is 1.36. The normalized spacial score (nSPS) is 10.7. The number of aromatic hydroxyl groups is 1. The van der Waals surface area contributed by atoms with Crippen LogP contribution in [0.4, 0.5) is 26.3 Å². The van der Waals surface area contributed by atoms with E-state index in [1.54, 1.807) is 0 Å². The lowest BCUT2D eigenvalue weighted by Crippen LogP contribution is -1.98. The van der Waals surface area contributed by atoms with Crippen molar-refractivity contribution < 1.29 is 36.2 Å². The van der Waals surface area contributed by atoms with Gasteiger partial charge in [0.25, 0.3) is 0 Å². The highest BCUT2D eigenvalue weighted by molar-refractivity contribution is 5.39. The molecule has 0 spiro atoms. The lowest BCUT2D eigenvalue weighted by atomic mass is 10.2. The van der Waals surface area contributed by atoms with E-state index in [1.165, 1.54) is 0 Å². The second-order valence-electron chi connectivity index (χ2n) is 3.63. The molecule has 0 aromatic heterocycles. The molecule has 2 nitrogen and oxygen atoms in total. The first-order chi connectivity index (χ1) is 9.31. The molecular formula is C12H4F6O2. The van der Waals surface area contributed by atoms with E-state index in [-0.39, 0.29) is 12.1 Å². The van der Waals surface area contributed by atoms with E-state index in [9.17, 15) is 26.3 Å². The molecule has 0 atom stereocenters. The molecule has 0 radical (unpaired) electrons. The average molecular weight is 294 g/mol. The van der Waals surface area contributed by atoms with E-state index < -0.39 is 52.2 Å². The van der Waals surface area contributed by atoms with Crippen molar-refractivity contribution in [1.29, 1.82) is 0 Å². The van der Waals surface area contributed by atoms with Crippen LogP contribution in [-0.4, -0.2) is 5.11 Å². The molecule has 0 aliphatic rings. The topological polar surface area (TPSA) is 29.5 Å². The first-order valence-corrected chi connectivity index (χ1v) is 5.00. The van der Waals surface area contributed by atoms with Gasteiger partial charge < -0.3 is 9.84 Å². The SMILES string of the molecule is Oc1c(F)cc(Oc2cc(F)cc(F)c2F)c(F)c1F. The Morgan fingerprint density at radius 1 is 0.700 bits per heavy atom. The molecule has 20 heavy (non-hydrogen) atoms. The second kappa shape index (κ2) is 4.95. The predicted octanol–water partition coefficient (Wildman–Crippen LogP) is 4.02. The largest absolute Gasteiger partial charge is 0.503 e. The van der Waals surface area contributed by atoms with Gasteiger partial charge in [-0.15, -0.1) is 0 Å². The van der Waals surface area contributed by atoms with Crippen LogP contribution in [0, 0.1) is 34.9 Å². The van der Waals surface area contributed by atoms with E-state index in [1.807, 2.05) is 0 Å². The molecule has 2 aromatic rings. The van der Waals surface area contributed by atoms with E-state index in [2.05, 4.69) is 4.74 Å². The smallest absolute Gasteiger partial charge is 0.207 e. The zero-order valence-electron chi connectivity index (χ0n) is 9.36. The molecule has 0 bridgehead atoms. The number of halogens is 6. The van der Waals surface area contributed by atoms with Crippen molar-refractivity contribution in [3.05, 3.63) is 53.1 Å². The molecular weight excluding hydrogens is 290 g/mol. The van der Waals surface area contributed by atoms with Crippen LogP contribution in [0.3, 0.4) is 0 Å². The Morgan fingerprint density at radius 3 is 1.95 bits per heavy atom. The number of benzene rings is 2. The maximum Gasteiger partial charge on any atom is 0.207 e. The van der Waals surface area contributed by atoms with Crippen molar-refractivity contribution in [2.75, 3.05) is 0 Å². The minimum Gasteiger partial charge on any atom is -0.503 e. The van der Waals surface area contributed by atoms with Gasteiger partial charge in [-0.1, -0.05) is 0 Å². The molecule has 0 saturated carbocycles.